The second kappa shape index (κ2) is 6.02. The number of ether oxygens (including phenoxy) is 2. The highest BCUT2D eigenvalue weighted by Gasteiger charge is 2.16. The van der Waals surface area contributed by atoms with E-state index in [2.05, 4.69) is 10.3 Å². The molecule has 0 aliphatic heterocycles. The van der Waals surface area contributed by atoms with E-state index < -0.39 is 11.7 Å². The Morgan fingerprint density at radius 1 is 1.37 bits per heavy atom. The molecule has 6 heteroatoms. The van der Waals surface area contributed by atoms with Gasteiger partial charge in [0, 0.05) is 5.69 Å². The van der Waals surface area contributed by atoms with Gasteiger partial charge < -0.3 is 9.47 Å². The fourth-order valence-electron chi connectivity index (χ4n) is 1.33. The summed E-state index contributed by atoms with van der Waals surface area (Å²) in [7, 11) is 1.46. The molecule has 19 heavy (non-hydrogen) atoms. The number of carbonyl (C=O) groups excluding carboxylic acids is 2. The third-order valence-electron chi connectivity index (χ3n) is 1.99. The Kier molecular flexibility index (Phi) is 4.67. The van der Waals surface area contributed by atoms with Crippen molar-refractivity contribution in [2.45, 2.75) is 26.4 Å². The number of carbonyl (C=O) groups is 1. The molecule has 0 aliphatic rings. The van der Waals surface area contributed by atoms with Gasteiger partial charge in [0.25, 0.3) is 0 Å². The van der Waals surface area contributed by atoms with E-state index in [1.165, 1.54) is 19.3 Å². The first-order valence-corrected chi connectivity index (χ1v) is 5.61. The minimum absolute atomic E-state index is 0.283. The Morgan fingerprint density at radius 2 is 2.05 bits per heavy atom. The second-order valence-corrected chi connectivity index (χ2v) is 4.72. The molecule has 0 aromatic heterocycles. The van der Waals surface area contributed by atoms with Gasteiger partial charge in [-0.2, -0.15) is 4.99 Å². The first-order valence-electron chi connectivity index (χ1n) is 5.61. The number of hydrogen-bond acceptors (Lipinski definition) is 5. The van der Waals surface area contributed by atoms with E-state index in [1.807, 2.05) is 0 Å². The molecule has 1 amide bonds. The van der Waals surface area contributed by atoms with Gasteiger partial charge in [0.1, 0.15) is 17.0 Å². The summed E-state index contributed by atoms with van der Waals surface area (Å²) in [5.74, 6) is 0.415. The lowest BCUT2D eigenvalue weighted by Crippen LogP contribution is -2.27. The lowest BCUT2D eigenvalue weighted by atomic mass is 10.2. The van der Waals surface area contributed by atoms with Gasteiger partial charge in [-0.15, -0.1) is 0 Å². The number of nitrogens with zero attached hydrogens (tertiary/aromatic N) is 1. The molecule has 0 bridgehead atoms. The number of hydrogen-bond donors (Lipinski definition) is 1. The molecule has 0 atom stereocenters. The monoisotopic (exact) mass is 264 g/mol. The molecule has 0 spiro atoms. The highest BCUT2D eigenvalue weighted by atomic mass is 16.6. The first kappa shape index (κ1) is 14.7. The largest absolute Gasteiger partial charge is 0.494 e. The maximum Gasteiger partial charge on any atom is 0.412 e. The van der Waals surface area contributed by atoms with Crippen molar-refractivity contribution in [3.63, 3.8) is 0 Å². The van der Waals surface area contributed by atoms with Gasteiger partial charge in [-0.1, -0.05) is 0 Å². The summed E-state index contributed by atoms with van der Waals surface area (Å²) >= 11 is 0. The number of nitrogens with one attached hydrogen (secondary N) is 1. The number of isocyanates is 1. The first-order chi connectivity index (χ1) is 8.85. The zero-order valence-corrected chi connectivity index (χ0v) is 11.3. The maximum absolute atomic E-state index is 11.6. The molecule has 6 nitrogen and oxygen atoms in total. The van der Waals surface area contributed by atoms with E-state index >= 15 is 0 Å². The van der Waals surface area contributed by atoms with Crippen LogP contribution in [0.4, 0.5) is 16.2 Å². The van der Waals surface area contributed by atoms with Gasteiger partial charge in [-0.25, -0.2) is 9.59 Å². The van der Waals surface area contributed by atoms with Gasteiger partial charge in [-0.3, -0.25) is 5.32 Å². The number of aliphatic imine (C=N–C) groups is 1. The van der Waals surface area contributed by atoms with Crippen LogP contribution in [0.2, 0.25) is 0 Å². The molecule has 0 saturated carbocycles. The van der Waals surface area contributed by atoms with Crippen molar-refractivity contribution in [1.29, 1.82) is 0 Å². The van der Waals surface area contributed by atoms with Crippen molar-refractivity contribution < 1.29 is 19.1 Å². The standard InChI is InChI=1S/C13H16N2O4/c1-13(2,3)19-12(17)15-9-5-6-11(18-4)10(7-9)14-8-16/h5-7H,1-4H3,(H,15,17). The fourth-order valence-corrected chi connectivity index (χ4v) is 1.33. The molecular weight excluding hydrogens is 248 g/mol. The van der Waals surface area contributed by atoms with Crippen LogP contribution < -0.4 is 10.1 Å². The molecule has 1 aromatic carbocycles. The van der Waals surface area contributed by atoms with Crippen molar-refractivity contribution in [3.8, 4) is 5.75 Å². The van der Waals surface area contributed by atoms with E-state index in [0.29, 0.717) is 11.4 Å². The molecule has 1 N–H and O–H groups in total. The van der Waals surface area contributed by atoms with Crippen LogP contribution in [0.15, 0.2) is 23.2 Å². The van der Waals surface area contributed by atoms with Crippen molar-refractivity contribution in [2.24, 2.45) is 4.99 Å². The van der Waals surface area contributed by atoms with Gasteiger partial charge in [0.2, 0.25) is 6.08 Å². The van der Waals surface area contributed by atoms with Crippen LogP contribution in [0.3, 0.4) is 0 Å². The van der Waals surface area contributed by atoms with Crippen LogP contribution in [0.25, 0.3) is 0 Å². The van der Waals surface area contributed by atoms with Crippen LogP contribution in [-0.2, 0) is 9.53 Å². The van der Waals surface area contributed by atoms with Crippen molar-refractivity contribution >= 4 is 23.5 Å². The smallest absolute Gasteiger partial charge is 0.412 e. The highest BCUT2D eigenvalue weighted by Crippen LogP contribution is 2.30. The zero-order valence-electron chi connectivity index (χ0n) is 11.3. The average molecular weight is 264 g/mol. The van der Waals surface area contributed by atoms with Gasteiger partial charge >= 0.3 is 6.09 Å². The molecule has 0 aliphatic carbocycles. The third-order valence-corrected chi connectivity index (χ3v) is 1.99. The number of anilines is 1. The van der Waals surface area contributed by atoms with Crippen LogP contribution in [-0.4, -0.2) is 24.9 Å². The Hall–Kier alpha value is -2.33. The summed E-state index contributed by atoms with van der Waals surface area (Å²) in [6.07, 6.45) is 0.844. The predicted octanol–water partition coefficient (Wildman–Crippen LogP) is 3.01. The van der Waals surface area contributed by atoms with E-state index in [0.717, 1.165) is 0 Å². The van der Waals surface area contributed by atoms with E-state index in [-0.39, 0.29) is 5.69 Å². The number of amides is 1. The van der Waals surface area contributed by atoms with Crippen LogP contribution in [0.5, 0.6) is 5.75 Å². The summed E-state index contributed by atoms with van der Waals surface area (Å²) in [5.41, 5.74) is 0.149. The van der Waals surface area contributed by atoms with Gasteiger partial charge in [0.15, 0.2) is 0 Å². The molecule has 102 valence electrons. The molecule has 1 rings (SSSR count). The molecule has 0 radical (unpaired) electrons. The summed E-state index contributed by atoms with van der Waals surface area (Å²) in [6, 6.07) is 4.70. The SMILES string of the molecule is COc1ccc(NC(=O)OC(C)(C)C)cc1N=C=O. The highest BCUT2D eigenvalue weighted by molar-refractivity contribution is 5.86. The number of methoxy groups -OCH3 is 1. The number of benzene rings is 1. The molecule has 0 unspecified atom stereocenters. The predicted molar refractivity (Wildman–Crippen MR) is 70.6 cm³/mol. The summed E-state index contributed by atoms with van der Waals surface area (Å²) in [4.78, 5) is 25.4. The third kappa shape index (κ3) is 4.81. The Labute approximate surface area is 111 Å². The number of rotatable bonds is 3. The van der Waals surface area contributed by atoms with Crippen LogP contribution in [0, 0.1) is 0 Å². The normalized spacial score (nSPS) is 10.3. The van der Waals surface area contributed by atoms with Crippen molar-refractivity contribution in [1.82, 2.24) is 0 Å². The molecule has 0 heterocycles. The Bertz CT molecular complexity index is 514. The lowest BCUT2D eigenvalue weighted by molar-refractivity contribution is 0.0636. The van der Waals surface area contributed by atoms with E-state index in [9.17, 15) is 9.59 Å². The molecule has 0 saturated heterocycles. The zero-order chi connectivity index (χ0) is 14.5. The maximum atomic E-state index is 11.6. The summed E-state index contributed by atoms with van der Waals surface area (Å²) in [6.45, 7) is 5.30. The van der Waals surface area contributed by atoms with Crippen molar-refractivity contribution in [2.75, 3.05) is 12.4 Å². The molecular formula is C13H16N2O4. The van der Waals surface area contributed by atoms with Crippen LogP contribution >= 0.6 is 0 Å². The van der Waals surface area contributed by atoms with Gasteiger partial charge in [-0.05, 0) is 39.0 Å². The fraction of sp³-hybridized carbons (Fsp3) is 0.385. The van der Waals surface area contributed by atoms with Crippen molar-refractivity contribution in [3.05, 3.63) is 18.2 Å². The van der Waals surface area contributed by atoms with Gasteiger partial charge in [0.05, 0.1) is 7.11 Å². The molecule has 0 fully saturated rings. The quantitative estimate of drug-likeness (QED) is 0.672. The van der Waals surface area contributed by atoms with Crippen LogP contribution in [0.1, 0.15) is 20.8 Å². The van der Waals surface area contributed by atoms with E-state index in [1.54, 1.807) is 32.9 Å². The Balaban J connectivity index is 2.88. The summed E-state index contributed by atoms with van der Waals surface area (Å²) < 4.78 is 10.1. The van der Waals surface area contributed by atoms with E-state index in [4.69, 9.17) is 9.47 Å². The minimum Gasteiger partial charge on any atom is -0.494 e. The topological polar surface area (TPSA) is 77.0 Å². The minimum atomic E-state index is -0.585. The second-order valence-electron chi connectivity index (χ2n) is 4.72. The average Bonchev–Trinajstić information content (AvgIpc) is 2.27. The lowest BCUT2D eigenvalue weighted by Gasteiger charge is -2.19. The summed E-state index contributed by atoms with van der Waals surface area (Å²) in [5, 5.41) is 2.54. The Morgan fingerprint density at radius 3 is 2.58 bits per heavy atom. The molecule has 1 aromatic rings.